The van der Waals surface area contributed by atoms with Gasteiger partial charge in [0.25, 0.3) is 0 Å². The van der Waals surface area contributed by atoms with Gasteiger partial charge in [-0.15, -0.1) is 0 Å². The van der Waals surface area contributed by atoms with Gasteiger partial charge in [-0.05, 0) is 51.7 Å². The number of nitrogens with one attached hydrogen (secondary N) is 1. The van der Waals surface area contributed by atoms with Crippen LogP contribution in [-0.2, 0) is 37.3 Å². The van der Waals surface area contributed by atoms with Crippen LogP contribution >= 0.6 is 0 Å². The van der Waals surface area contributed by atoms with Crippen molar-refractivity contribution >= 4 is 28.7 Å². The summed E-state index contributed by atoms with van der Waals surface area (Å²) in [6, 6.07) is 5.15. The van der Waals surface area contributed by atoms with E-state index in [0.717, 1.165) is 23.0 Å². The molecular weight excluding hydrogens is 466 g/mol. The van der Waals surface area contributed by atoms with Gasteiger partial charge < -0.3 is 19.5 Å². The Morgan fingerprint density at radius 1 is 1.08 bits per heavy atom. The van der Waals surface area contributed by atoms with E-state index in [0.29, 0.717) is 52.2 Å². The zero-order chi connectivity index (χ0) is 26.3. The summed E-state index contributed by atoms with van der Waals surface area (Å²) in [5.74, 6) is -0.254. The molecule has 1 amide bonds. The van der Waals surface area contributed by atoms with Gasteiger partial charge in [-0.1, -0.05) is 12.1 Å². The van der Waals surface area contributed by atoms with Gasteiger partial charge in [-0.25, -0.2) is 9.59 Å². The zero-order valence-corrected chi connectivity index (χ0v) is 21.6. The Hall–Kier alpha value is -2.98. The zero-order valence-electron chi connectivity index (χ0n) is 21.6. The fraction of sp³-hybridized carbons (Fsp3) is 0.615. The Labute approximate surface area is 210 Å². The van der Waals surface area contributed by atoms with Gasteiger partial charge in [0.05, 0.1) is 43.3 Å². The van der Waals surface area contributed by atoms with E-state index in [1.54, 1.807) is 16.2 Å². The number of hydrogen-bond donors (Lipinski definition) is 1. The lowest BCUT2D eigenvalue weighted by Gasteiger charge is -2.21. The van der Waals surface area contributed by atoms with Crippen molar-refractivity contribution in [2.75, 3.05) is 33.0 Å². The van der Waals surface area contributed by atoms with Crippen molar-refractivity contribution in [1.29, 1.82) is 0 Å². The van der Waals surface area contributed by atoms with Crippen molar-refractivity contribution in [3.8, 4) is 0 Å². The minimum absolute atomic E-state index is 0.0620. The quantitative estimate of drug-likeness (QED) is 0.370. The number of alkyl carbamates (subject to hydrolysis) is 1. The Kier molecular flexibility index (Phi) is 9.44. The number of hydrogen-bond acceptors (Lipinski definition) is 7. The van der Waals surface area contributed by atoms with E-state index in [9.17, 15) is 19.2 Å². The first-order valence-corrected chi connectivity index (χ1v) is 12.4. The van der Waals surface area contributed by atoms with E-state index in [1.807, 2.05) is 39.0 Å². The summed E-state index contributed by atoms with van der Waals surface area (Å²) in [7, 11) is 1.72. The van der Waals surface area contributed by atoms with Crippen LogP contribution in [0.5, 0.6) is 0 Å². The number of amides is 1. The third kappa shape index (κ3) is 7.27. The van der Waals surface area contributed by atoms with Crippen LogP contribution < -0.4 is 11.0 Å². The van der Waals surface area contributed by atoms with Gasteiger partial charge in [-0.3, -0.25) is 18.7 Å². The molecule has 0 radical (unpaired) electrons. The number of ketones is 2. The molecular formula is C26H37N3O7. The molecule has 0 saturated heterocycles. The van der Waals surface area contributed by atoms with Crippen LogP contribution in [0.1, 0.15) is 58.1 Å². The maximum absolute atomic E-state index is 13.0. The number of ether oxygens (including phenoxy) is 3. The molecule has 36 heavy (non-hydrogen) atoms. The number of carbonyl (C=O) groups is 3. The minimum atomic E-state index is -0.586. The highest BCUT2D eigenvalue weighted by Gasteiger charge is 2.31. The number of nitrogens with zero attached hydrogens (tertiary/aromatic N) is 2. The standard InChI is InChI=1S/C26H37N3O7/c1-26(2,3)36-24(32)27-12-14-35-16-15-34-13-6-8-18-7-5-9-21-23(18)28(4)25(33)29(21)20-11-10-19(30)17-22(20)31/h5,7,9,20H,6,8,10-17H2,1-4H3,(H,27,32). The maximum atomic E-state index is 13.0. The average molecular weight is 504 g/mol. The molecule has 1 aliphatic carbocycles. The highest BCUT2D eigenvalue weighted by Crippen LogP contribution is 2.27. The molecule has 0 aliphatic heterocycles. The van der Waals surface area contributed by atoms with Crippen LogP contribution in [-0.4, -0.2) is 65.4 Å². The number of rotatable bonds is 11. The maximum Gasteiger partial charge on any atom is 0.407 e. The van der Waals surface area contributed by atoms with Gasteiger partial charge in [0.1, 0.15) is 11.4 Å². The second-order valence-electron chi connectivity index (χ2n) is 9.99. The molecule has 1 atom stereocenters. The molecule has 1 saturated carbocycles. The highest BCUT2D eigenvalue weighted by atomic mass is 16.6. The van der Waals surface area contributed by atoms with Gasteiger partial charge >= 0.3 is 11.8 Å². The Balaban J connectivity index is 1.43. The number of benzene rings is 1. The number of Topliss-reactive ketones (excluding diaryl/α,β-unsaturated/α-hetero) is 2. The topological polar surface area (TPSA) is 118 Å². The lowest BCUT2D eigenvalue weighted by molar-refractivity contribution is -0.132. The lowest BCUT2D eigenvalue weighted by Crippen LogP contribution is -2.34. The van der Waals surface area contributed by atoms with Gasteiger partial charge in [0.2, 0.25) is 0 Å². The Morgan fingerprint density at radius 3 is 2.50 bits per heavy atom. The van der Waals surface area contributed by atoms with E-state index in [1.165, 1.54) is 0 Å². The largest absolute Gasteiger partial charge is 0.444 e. The molecule has 1 aromatic carbocycles. The summed E-state index contributed by atoms with van der Waals surface area (Å²) >= 11 is 0. The fourth-order valence-corrected chi connectivity index (χ4v) is 4.38. The molecule has 10 nitrogen and oxygen atoms in total. The molecule has 0 bridgehead atoms. The highest BCUT2D eigenvalue weighted by molar-refractivity contribution is 6.03. The normalized spacial score (nSPS) is 16.5. The van der Waals surface area contributed by atoms with Gasteiger partial charge in [-0.2, -0.15) is 0 Å². The van der Waals surface area contributed by atoms with Crippen molar-refractivity contribution in [3.63, 3.8) is 0 Å². The first-order chi connectivity index (χ1) is 17.1. The molecule has 1 fully saturated rings. The fourth-order valence-electron chi connectivity index (χ4n) is 4.38. The van der Waals surface area contributed by atoms with Crippen molar-refractivity contribution < 1.29 is 28.6 Å². The van der Waals surface area contributed by atoms with Crippen LogP contribution in [0, 0.1) is 0 Å². The number of carbonyl (C=O) groups excluding carboxylic acids is 3. The second-order valence-corrected chi connectivity index (χ2v) is 9.99. The lowest BCUT2D eigenvalue weighted by atomic mass is 9.92. The molecule has 1 aliphatic rings. The summed E-state index contributed by atoms with van der Waals surface area (Å²) in [5, 5.41) is 2.63. The van der Waals surface area contributed by atoms with Crippen LogP contribution in [0.25, 0.3) is 11.0 Å². The molecule has 3 rings (SSSR count). The van der Waals surface area contributed by atoms with Crippen LogP contribution in [0.15, 0.2) is 23.0 Å². The first-order valence-electron chi connectivity index (χ1n) is 12.4. The summed E-state index contributed by atoms with van der Waals surface area (Å²) in [6.45, 7) is 7.54. The number of imidazole rings is 1. The summed E-state index contributed by atoms with van der Waals surface area (Å²) in [5.41, 5.74) is 1.78. The van der Waals surface area contributed by atoms with E-state index >= 15 is 0 Å². The van der Waals surface area contributed by atoms with E-state index in [-0.39, 0.29) is 23.7 Å². The van der Waals surface area contributed by atoms with Gasteiger partial charge in [0, 0.05) is 26.6 Å². The van der Waals surface area contributed by atoms with E-state index < -0.39 is 17.7 Å². The first kappa shape index (κ1) is 27.6. The molecule has 10 heteroatoms. The number of fused-ring (bicyclic) bond motifs is 1. The predicted molar refractivity (Wildman–Crippen MR) is 134 cm³/mol. The summed E-state index contributed by atoms with van der Waals surface area (Å²) < 4.78 is 19.4. The second kappa shape index (κ2) is 12.3. The molecule has 1 aromatic heterocycles. The van der Waals surface area contributed by atoms with Crippen molar-refractivity contribution in [2.24, 2.45) is 7.05 Å². The van der Waals surface area contributed by atoms with Crippen LogP contribution in [0.4, 0.5) is 4.79 Å². The monoisotopic (exact) mass is 503 g/mol. The smallest absolute Gasteiger partial charge is 0.407 e. The molecule has 1 N–H and O–H groups in total. The van der Waals surface area contributed by atoms with Crippen molar-refractivity contribution in [3.05, 3.63) is 34.2 Å². The molecule has 0 spiro atoms. The SMILES string of the molecule is Cn1c(=O)n(C2CCC(=O)CC2=O)c2cccc(CCCOCCOCCNC(=O)OC(C)(C)C)c21. The predicted octanol–water partition coefficient (Wildman–Crippen LogP) is 2.69. The van der Waals surface area contributed by atoms with Crippen LogP contribution in [0.3, 0.4) is 0 Å². The van der Waals surface area contributed by atoms with Gasteiger partial charge in [0.15, 0.2) is 5.78 Å². The molecule has 2 aromatic rings. The van der Waals surface area contributed by atoms with Crippen molar-refractivity contribution in [2.45, 2.75) is 64.5 Å². The van der Waals surface area contributed by atoms with Crippen LogP contribution in [0.2, 0.25) is 0 Å². The summed E-state index contributed by atoms with van der Waals surface area (Å²) in [6.07, 6.45) is 1.59. The molecule has 1 heterocycles. The third-order valence-corrected chi connectivity index (χ3v) is 5.96. The number of aromatic nitrogens is 2. The molecule has 198 valence electrons. The summed E-state index contributed by atoms with van der Waals surface area (Å²) in [4.78, 5) is 48.7. The third-order valence-electron chi connectivity index (χ3n) is 5.96. The number of para-hydroxylation sites is 1. The van der Waals surface area contributed by atoms with Crippen molar-refractivity contribution in [1.82, 2.24) is 14.5 Å². The number of aryl methyl sites for hydroxylation is 2. The Morgan fingerprint density at radius 2 is 1.81 bits per heavy atom. The van der Waals surface area contributed by atoms with E-state index in [2.05, 4.69) is 5.32 Å². The minimum Gasteiger partial charge on any atom is -0.444 e. The molecule has 1 unspecified atom stereocenters. The Bertz CT molecular complexity index is 1140. The van der Waals surface area contributed by atoms with E-state index in [4.69, 9.17) is 14.2 Å². The average Bonchev–Trinajstić information content (AvgIpc) is 3.05.